The highest BCUT2D eigenvalue weighted by molar-refractivity contribution is 5.88. The second-order valence-electron chi connectivity index (χ2n) is 7.92. The fraction of sp³-hybridized carbons (Fsp3) is 0.524. The summed E-state index contributed by atoms with van der Waals surface area (Å²) in [4.78, 5) is 13.3. The van der Waals surface area contributed by atoms with Gasteiger partial charge in [-0.05, 0) is 55.4 Å². The summed E-state index contributed by atoms with van der Waals surface area (Å²) in [7, 11) is 0. The number of nitrogens with zero attached hydrogens (tertiary/aromatic N) is 2. The fourth-order valence-corrected chi connectivity index (χ4v) is 4.55. The number of aliphatic hydroxyl groups excluding tert-OH is 1. The lowest BCUT2D eigenvalue weighted by molar-refractivity contribution is -0.131. The van der Waals surface area contributed by atoms with Crippen LogP contribution in [0, 0.1) is 11.7 Å². The van der Waals surface area contributed by atoms with Crippen LogP contribution in [0.4, 0.5) is 4.39 Å². The Kier molecular flexibility index (Phi) is 5.46. The molecule has 0 radical (unpaired) electrons. The van der Waals surface area contributed by atoms with Crippen LogP contribution in [0.5, 0.6) is 0 Å². The van der Waals surface area contributed by atoms with E-state index in [0.29, 0.717) is 44.5 Å². The molecule has 0 bridgehead atoms. The fourth-order valence-electron chi connectivity index (χ4n) is 4.55. The van der Waals surface area contributed by atoms with Crippen molar-refractivity contribution in [2.45, 2.75) is 49.8 Å². The third kappa shape index (κ3) is 3.82. The maximum atomic E-state index is 13.8. The molecular weight excluding hydrogens is 361 g/mol. The van der Waals surface area contributed by atoms with E-state index >= 15 is 0 Å². The molecule has 2 heterocycles. The number of carbonyl (C=O) groups is 1. The molecule has 0 spiro atoms. The van der Waals surface area contributed by atoms with Crippen LogP contribution < -0.4 is 5.32 Å². The van der Waals surface area contributed by atoms with E-state index in [4.69, 9.17) is 4.74 Å². The van der Waals surface area contributed by atoms with Gasteiger partial charge in [0.25, 0.3) is 0 Å². The van der Waals surface area contributed by atoms with E-state index in [1.54, 1.807) is 18.3 Å². The Morgan fingerprint density at radius 3 is 2.86 bits per heavy atom. The van der Waals surface area contributed by atoms with Gasteiger partial charge in [-0.15, -0.1) is 0 Å². The van der Waals surface area contributed by atoms with Crippen molar-refractivity contribution in [2.24, 2.45) is 5.92 Å². The molecule has 7 heteroatoms. The summed E-state index contributed by atoms with van der Waals surface area (Å²) in [6, 6.07) is 7.84. The van der Waals surface area contributed by atoms with Crippen LogP contribution in [0.25, 0.3) is 0 Å². The molecule has 1 aliphatic heterocycles. The van der Waals surface area contributed by atoms with Crippen molar-refractivity contribution in [1.82, 2.24) is 15.1 Å². The standard InChI is InChI=1S/C21H26FN3O3/c22-17-4-1-3-16(13-17)21(5-9-28-10-6-21)20(27)24-18-11-15(12-19(18)26)14-25-8-2-7-23-25/h1-4,7-8,13,15,18-19,26H,5-6,9-12,14H2,(H,24,27)/t15?,18-,19-/m1/s1. The second kappa shape index (κ2) is 8.01. The Morgan fingerprint density at radius 1 is 1.32 bits per heavy atom. The number of aromatic nitrogens is 2. The van der Waals surface area contributed by atoms with Crippen molar-refractivity contribution in [3.63, 3.8) is 0 Å². The Bertz CT molecular complexity index is 805. The Balaban J connectivity index is 1.48. The minimum atomic E-state index is -0.819. The van der Waals surface area contributed by atoms with Crippen LogP contribution in [0.3, 0.4) is 0 Å². The van der Waals surface area contributed by atoms with Crippen LogP contribution in [0.15, 0.2) is 42.7 Å². The van der Waals surface area contributed by atoms with Gasteiger partial charge < -0.3 is 15.2 Å². The molecule has 2 aromatic rings. The summed E-state index contributed by atoms with van der Waals surface area (Å²) in [6.45, 7) is 1.64. The van der Waals surface area contributed by atoms with Gasteiger partial charge in [0.05, 0.1) is 17.6 Å². The van der Waals surface area contributed by atoms with Gasteiger partial charge in [-0.2, -0.15) is 5.10 Å². The summed E-state index contributed by atoms with van der Waals surface area (Å²) < 4.78 is 21.2. The molecule has 4 rings (SSSR count). The van der Waals surface area contributed by atoms with Crippen LogP contribution in [-0.2, 0) is 21.5 Å². The summed E-state index contributed by atoms with van der Waals surface area (Å²) in [5.41, 5.74) is -0.144. The van der Waals surface area contributed by atoms with Gasteiger partial charge >= 0.3 is 0 Å². The molecule has 1 aliphatic carbocycles. The second-order valence-corrected chi connectivity index (χ2v) is 7.92. The lowest BCUT2D eigenvalue weighted by atomic mass is 9.73. The third-order valence-corrected chi connectivity index (χ3v) is 6.11. The van der Waals surface area contributed by atoms with E-state index in [9.17, 15) is 14.3 Å². The van der Waals surface area contributed by atoms with Gasteiger partial charge in [0, 0.05) is 32.2 Å². The number of hydrogen-bond acceptors (Lipinski definition) is 4. The maximum absolute atomic E-state index is 13.8. The van der Waals surface area contributed by atoms with E-state index in [1.807, 2.05) is 16.9 Å². The predicted octanol–water partition coefficient (Wildman–Crippen LogP) is 2.03. The summed E-state index contributed by atoms with van der Waals surface area (Å²) in [6.07, 6.45) is 5.37. The monoisotopic (exact) mass is 387 g/mol. The number of benzene rings is 1. The highest BCUT2D eigenvalue weighted by Crippen LogP contribution is 2.37. The molecule has 1 aromatic carbocycles. The number of halogens is 1. The smallest absolute Gasteiger partial charge is 0.231 e. The zero-order chi connectivity index (χ0) is 19.6. The SMILES string of the molecule is O=C(N[C@@H]1CC(Cn2cccn2)C[C@H]1O)C1(c2cccc(F)c2)CCOCC1. The van der Waals surface area contributed by atoms with Gasteiger partial charge in [-0.25, -0.2) is 4.39 Å². The minimum absolute atomic E-state index is 0.148. The highest BCUT2D eigenvalue weighted by atomic mass is 19.1. The number of rotatable bonds is 5. The topological polar surface area (TPSA) is 76.4 Å². The van der Waals surface area contributed by atoms with Gasteiger partial charge in [-0.1, -0.05) is 12.1 Å². The molecule has 2 fully saturated rings. The average molecular weight is 387 g/mol. The van der Waals surface area contributed by atoms with Gasteiger partial charge in [0.1, 0.15) is 5.82 Å². The average Bonchev–Trinajstić information content (AvgIpc) is 3.32. The van der Waals surface area contributed by atoms with Crippen molar-refractivity contribution >= 4 is 5.91 Å². The first kappa shape index (κ1) is 19.1. The number of carbonyl (C=O) groups excluding carboxylic acids is 1. The van der Waals surface area contributed by atoms with E-state index in [2.05, 4.69) is 10.4 Å². The zero-order valence-electron chi connectivity index (χ0n) is 15.8. The summed E-state index contributed by atoms with van der Waals surface area (Å²) >= 11 is 0. The van der Waals surface area contributed by atoms with Crippen LogP contribution in [0.2, 0.25) is 0 Å². The van der Waals surface area contributed by atoms with Crippen molar-refractivity contribution in [3.8, 4) is 0 Å². The molecule has 6 nitrogen and oxygen atoms in total. The predicted molar refractivity (Wildman–Crippen MR) is 101 cm³/mol. The first-order valence-electron chi connectivity index (χ1n) is 9.87. The van der Waals surface area contributed by atoms with Crippen molar-refractivity contribution < 1.29 is 19.0 Å². The molecule has 1 unspecified atom stereocenters. The number of nitrogens with one attached hydrogen (secondary N) is 1. The Morgan fingerprint density at radius 2 is 2.14 bits per heavy atom. The van der Waals surface area contributed by atoms with E-state index in [0.717, 1.165) is 6.54 Å². The lowest BCUT2D eigenvalue weighted by Gasteiger charge is -2.37. The highest BCUT2D eigenvalue weighted by Gasteiger charge is 2.44. The molecule has 2 aliphatic rings. The Labute approximate surface area is 163 Å². The summed E-state index contributed by atoms with van der Waals surface area (Å²) in [5.74, 6) is -0.249. The van der Waals surface area contributed by atoms with E-state index in [-0.39, 0.29) is 23.7 Å². The van der Waals surface area contributed by atoms with Crippen LogP contribution in [-0.4, -0.2) is 46.2 Å². The molecule has 28 heavy (non-hydrogen) atoms. The molecule has 150 valence electrons. The summed E-state index contributed by atoms with van der Waals surface area (Å²) in [5, 5.41) is 17.8. The molecule has 3 atom stereocenters. The van der Waals surface area contributed by atoms with Crippen LogP contribution in [0.1, 0.15) is 31.2 Å². The molecule has 1 saturated carbocycles. The minimum Gasteiger partial charge on any atom is -0.391 e. The lowest BCUT2D eigenvalue weighted by Crippen LogP contribution is -2.52. The van der Waals surface area contributed by atoms with Crippen molar-refractivity contribution in [1.29, 1.82) is 0 Å². The van der Waals surface area contributed by atoms with Crippen molar-refractivity contribution in [3.05, 3.63) is 54.1 Å². The number of hydrogen-bond donors (Lipinski definition) is 2. The Hall–Kier alpha value is -2.25. The molecule has 2 N–H and O–H groups in total. The van der Waals surface area contributed by atoms with Crippen molar-refractivity contribution in [2.75, 3.05) is 13.2 Å². The normalized spacial score (nSPS) is 26.9. The van der Waals surface area contributed by atoms with E-state index in [1.165, 1.54) is 12.1 Å². The van der Waals surface area contributed by atoms with Crippen LogP contribution >= 0.6 is 0 Å². The first-order valence-corrected chi connectivity index (χ1v) is 9.87. The zero-order valence-corrected chi connectivity index (χ0v) is 15.8. The molecular formula is C21H26FN3O3. The quantitative estimate of drug-likeness (QED) is 0.823. The molecule has 1 amide bonds. The van der Waals surface area contributed by atoms with Gasteiger partial charge in [0.15, 0.2) is 0 Å². The first-order chi connectivity index (χ1) is 13.6. The number of ether oxygens (including phenoxy) is 1. The molecule has 1 saturated heterocycles. The number of amides is 1. The van der Waals surface area contributed by atoms with Gasteiger partial charge in [-0.3, -0.25) is 9.48 Å². The largest absolute Gasteiger partial charge is 0.391 e. The number of aliphatic hydroxyl groups is 1. The van der Waals surface area contributed by atoms with Gasteiger partial charge in [0.2, 0.25) is 5.91 Å². The maximum Gasteiger partial charge on any atom is 0.231 e. The molecule has 1 aromatic heterocycles. The van der Waals surface area contributed by atoms with E-state index < -0.39 is 11.5 Å². The third-order valence-electron chi connectivity index (χ3n) is 6.11.